The molecule has 0 bridgehead atoms. The van der Waals surface area contributed by atoms with Crippen LogP contribution in [0.3, 0.4) is 0 Å². The second-order valence-electron chi connectivity index (χ2n) is 4.31. The van der Waals surface area contributed by atoms with Crippen molar-refractivity contribution in [2.75, 3.05) is 33.1 Å². The van der Waals surface area contributed by atoms with Gasteiger partial charge in [0.2, 0.25) is 5.91 Å². The predicted molar refractivity (Wildman–Crippen MR) is 74.9 cm³/mol. The minimum Gasteiger partial charge on any atom is -0.380 e. The summed E-state index contributed by atoms with van der Waals surface area (Å²) in [7, 11) is 4.99. The van der Waals surface area contributed by atoms with Crippen molar-refractivity contribution in [1.29, 1.82) is 0 Å². The molecule has 0 aliphatic heterocycles. The van der Waals surface area contributed by atoms with E-state index in [1.165, 1.54) is 0 Å². The monoisotopic (exact) mass is 266 g/mol. The summed E-state index contributed by atoms with van der Waals surface area (Å²) in [6.07, 6.45) is -0.293. The smallest absolute Gasteiger partial charge is 0.219 e. The zero-order valence-electron chi connectivity index (χ0n) is 12.0. The van der Waals surface area contributed by atoms with Gasteiger partial charge in [-0.3, -0.25) is 4.79 Å². The third-order valence-corrected chi connectivity index (χ3v) is 2.95. The average molecular weight is 266 g/mol. The SMILES string of the molecule is COC(CNc1ccccc1CN(C)C(C)=O)OC. The molecule has 0 saturated heterocycles. The summed E-state index contributed by atoms with van der Waals surface area (Å²) in [6, 6.07) is 7.88. The maximum atomic E-state index is 11.3. The number of rotatable bonds is 7. The largest absolute Gasteiger partial charge is 0.380 e. The van der Waals surface area contributed by atoms with Crippen LogP contribution in [-0.2, 0) is 20.8 Å². The summed E-state index contributed by atoms with van der Waals surface area (Å²) in [6.45, 7) is 2.68. The van der Waals surface area contributed by atoms with Crippen LogP contribution in [0.15, 0.2) is 24.3 Å². The number of carbonyl (C=O) groups is 1. The van der Waals surface area contributed by atoms with Crippen molar-refractivity contribution in [2.24, 2.45) is 0 Å². The van der Waals surface area contributed by atoms with Gasteiger partial charge in [-0.1, -0.05) is 18.2 Å². The van der Waals surface area contributed by atoms with Crippen LogP contribution in [0.2, 0.25) is 0 Å². The van der Waals surface area contributed by atoms with Gasteiger partial charge in [-0.05, 0) is 11.6 Å². The van der Waals surface area contributed by atoms with Crippen LogP contribution in [0.1, 0.15) is 12.5 Å². The molecular formula is C14H22N2O3. The van der Waals surface area contributed by atoms with Gasteiger partial charge >= 0.3 is 0 Å². The number of anilines is 1. The lowest BCUT2D eigenvalue weighted by molar-refractivity contribution is -0.128. The van der Waals surface area contributed by atoms with Crippen LogP contribution in [0, 0.1) is 0 Å². The van der Waals surface area contributed by atoms with Crippen LogP contribution >= 0.6 is 0 Å². The molecule has 0 fully saturated rings. The van der Waals surface area contributed by atoms with Crippen molar-refractivity contribution in [3.05, 3.63) is 29.8 Å². The molecule has 0 aliphatic rings. The van der Waals surface area contributed by atoms with Crippen molar-refractivity contribution in [2.45, 2.75) is 19.8 Å². The Morgan fingerprint density at radius 1 is 1.32 bits per heavy atom. The zero-order chi connectivity index (χ0) is 14.3. The molecule has 5 nitrogen and oxygen atoms in total. The first-order valence-corrected chi connectivity index (χ1v) is 6.17. The van der Waals surface area contributed by atoms with E-state index in [0.29, 0.717) is 13.1 Å². The van der Waals surface area contributed by atoms with Gasteiger partial charge in [-0.15, -0.1) is 0 Å². The molecule has 1 aromatic carbocycles. The Bertz CT molecular complexity index is 405. The lowest BCUT2D eigenvalue weighted by Crippen LogP contribution is -2.26. The van der Waals surface area contributed by atoms with E-state index in [1.807, 2.05) is 24.3 Å². The van der Waals surface area contributed by atoms with Gasteiger partial charge < -0.3 is 19.7 Å². The lowest BCUT2D eigenvalue weighted by Gasteiger charge is -2.20. The number of ether oxygens (including phenoxy) is 2. The number of para-hydroxylation sites is 1. The van der Waals surface area contributed by atoms with Gasteiger partial charge in [-0.25, -0.2) is 0 Å². The van der Waals surface area contributed by atoms with Crippen LogP contribution in [0.4, 0.5) is 5.69 Å². The molecule has 1 N–H and O–H groups in total. The standard InChI is InChI=1S/C14H22N2O3/c1-11(17)16(2)10-12-7-5-6-8-13(12)15-9-14(18-3)19-4/h5-8,14-15H,9-10H2,1-4H3. The van der Waals surface area contributed by atoms with Crippen molar-refractivity contribution < 1.29 is 14.3 Å². The average Bonchev–Trinajstić information content (AvgIpc) is 2.41. The minimum atomic E-state index is -0.293. The number of amides is 1. The number of nitrogens with zero attached hydrogens (tertiary/aromatic N) is 1. The molecular weight excluding hydrogens is 244 g/mol. The highest BCUT2D eigenvalue weighted by Gasteiger charge is 2.09. The Labute approximate surface area is 114 Å². The number of carbonyl (C=O) groups excluding carboxylic acids is 1. The van der Waals surface area contributed by atoms with Crippen LogP contribution < -0.4 is 5.32 Å². The molecule has 0 heterocycles. The molecule has 0 aliphatic carbocycles. The van der Waals surface area contributed by atoms with Gasteiger partial charge in [0.15, 0.2) is 6.29 Å². The van der Waals surface area contributed by atoms with Gasteiger partial charge in [0.05, 0.1) is 6.54 Å². The molecule has 1 aromatic rings. The zero-order valence-corrected chi connectivity index (χ0v) is 12.0. The second-order valence-corrected chi connectivity index (χ2v) is 4.31. The molecule has 0 radical (unpaired) electrons. The predicted octanol–water partition coefficient (Wildman–Crippen LogP) is 1.70. The van der Waals surface area contributed by atoms with Crippen molar-refractivity contribution in [3.63, 3.8) is 0 Å². The fourth-order valence-electron chi connectivity index (χ4n) is 1.65. The molecule has 0 atom stereocenters. The highest BCUT2D eigenvalue weighted by atomic mass is 16.7. The summed E-state index contributed by atoms with van der Waals surface area (Å²) in [5.41, 5.74) is 2.04. The van der Waals surface area contributed by atoms with E-state index in [-0.39, 0.29) is 12.2 Å². The van der Waals surface area contributed by atoms with E-state index in [0.717, 1.165) is 11.3 Å². The molecule has 106 valence electrons. The second kappa shape index (κ2) is 7.76. The molecule has 0 unspecified atom stereocenters. The van der Waals surface area contributed by atoms with Crippen LogP contribution in [0.25, 0.3) is 0 Å². The maximum Gasteiger partial charge on any atom is 0.219 e. The van der Waals surface area contributed by atoms with E-state index in [4.69, 9.17) is 9.47 Å². The molecule has 0 spiro atoms. The molecule has 5 heteroatoms. The van der Waals surface area contributed by atoms with Gasteiger partial charge in [0, 0.05) is 40.4 Å². The number of benzene rings is 1. The van der Waals surface area contributed by atoms with Crippen molar-refractivity contribution in [3.8, 4) is 0 Å². The van der Waals surface area contributed by atoms with E-state index in [2.05, 4.69) is 5.32 Å². The highest BCUT2D eigenvalue weighted by molar-refractivity contribution is 5.73. The first-order valence-electron chi connectivity index (χ1n) is 6.17. The normalized spacial score (nSPS) is 10.6. The Kier molecular flexibility index (Phi) is 6.32. The van der Waals surface area contributed by atoms with Gasteiger partial charge in [0.1, 0.15) is 0 Å². The van der Waals surface area contributed by atoms with Crippen molar-refractivity contribution >= 4 is 11.6 Å². The molecule has 0 saturated carbocycles. The summed E-state index contributed by atoms with van der Waals surface area (Å²) >= 11 is 0. The fourth-order valence-corrected chi connectivity index (χ4v) is 1.65. The first-order chi connectivity index (χ1) is 9.08. The number of hydrogen-bond acceptors (Lipinski definition) is 4. The Hall–Kier alpha value is -1.59. The van der Waals surface area contributed by atoms with Crippen molar-refractivity contribution in [1.82, 2.24) is 4.90 Å². The molecule has 0 aromatic heterocycles. The fraction of sp³-hybridized carbons (Fsp3) is 0.500. The molecule has 1 amide bonds. The Balaban J connectivity index is 2.70. The van der Waals surface area contributed by atoms with E-state index >= 15 is 0 Å². The van der Waals surface area contributed by atoms with E-state index in [9.17, 15) is 4.79 Å². The highest BCUT2D eigenvalue weighted by Crippen LogP contribution is 2.17. The number of nitrogens with one attached hydrogen (secondary N) is 1. The third-order valence-electron chi connectivity index (χ3n) is 2.95. The summed E-state index contributed by atoms with van der Waals surface area (Å²) in [5, 5.41) is 3.27. The van der Waals surface area contributed by atoms with Gasteiger partial charge in [0.25, 0.3) is 0 Å². The topological polar surface area (TPSA) is 50.8 Å². The third kappa shape index (κ3) is 4.89. The maximum absolute atomic E-state index is 11.3. The van der Waals surface area contributed by atoms with E-state index in [1.54, 1.807) is 33.1 Å². The number of methoxy groups -OCH3 is 2. The van der Waals surface area contributed by atoms with Crippen LogP contribution in [-0.4, -0.2) is 44.9 Å². The van der Waals surface area contributed by atoms with Gasteiger partial charge in [-0.2, -0.15) is 0 Å². The van der Waals surface area contributed by atoms with Crippen LogP contribution in [0.5, 0.6) is 0 Å². The molecule has 19 heavy (non-hydrogen) atoms. The first kappa shape index (κ1) is 15.5. The Morgan fingerprint density at radius 2 is 1.95 bits per heavy atom. The lowest BCUT2D eigenvalue weighted by atomic mass is 10.1. The van der Waals surface area contributed by atoms with E-state index < -0.39 is 0 Å². The summed E-state index contributed by atoms with van der Waals surface area (Å²) in [4.78, 5) is 13.0. The quantitative estimate of drug-likeness (QED) is 0.763. The summed E-state index contributed by atoms with van der Waals surface area (Å²) in [5.74, 6) is 0.0430. The minimum absolute atomic E-state index is 0.0430. The summed E-state index contributed by atoms with van der Waals surface area (Å²) < 4.78 is 10.3. The molecule has 1 rings (SSSR count). The Morgan fingerprint density at radius 3 is 2.53 bits per heavy atom. The number of hydrogen-bond donors (Lipinski definition) is 1.